The average Bonchev–Trinajstić information content (AvgIpc) is 3.02. The minimum Gasteiger partial charge on any atom is -0.460 e. The van der Waals surface area contributed by atoms with E-state index in [1.807, 2.05) is 20.8 Å². The third-order valence-corrected chi connectivity index (χ3v) is 7.08. The van der Waals surface area contributed by atoms with Crippen molar-refractivity contribution in [1.29, 1.82) is 0 Å². The Hall–Kier alpha value is -1.35. The van der Waals surface area contributed by atoms with E-state index in [1.54, 1.807) is 0 Å². The zero-order valence-electron chi connectivity index (χ0n) is 29.6. The summed E-state index contributed by atoms with van der Waals surface area (Å²) in [7, 11) is 0. The van der Waals surface area contributed by atoms with Crippen LogP contribution in [0.4, 0.5) is 0 Å². The molecule has 12 nitrogen and oxygen atoms in total. The van der Waals surface area contributed by atoms with Crippen LogP contribution < -0.4 is 10.6 Å². The molecule has 0 heterocycles. The van der Waals surface area contributed by atoms with Crippen LogP contribution in [0.3, 0.4) is 0 Å². The maximum atomic E-state index is 12.0. The van der Waals surface area contributed by atoms with Gasteiger partial charge in [0.2, 0.25) is 11.8 Å². The second-order valence-corrected chi connectivity index (χ2v) is 12.7. The summed E-state index contributed by atoms with van der Waals surface area (Å²) in [6, 6.07) is 0. The monoisotopic (exact) mass is 740 g/mol. The molecule has 0 aromatic heterocycles. The molecule has 0 unspecified atom stereocenters. The fraction of sp³-hybridized carbons (Fsp3) is 0.912. The Balaban J connectivity index is 3.21. The van der Waals surface area contributed by atoms with Crippen LogP contribution in [0.1, 0.15) is 97.8 Å². The second-order valence-electron chi connectivity index (χ2n) is 12.1. The molecule has 0 saturated heterocycles. The van der Waals surface area contributed by atoms with Crippen LogP contribution in [-0.2, 0) is 47.5 Å². The number of rotatable bonds is 35. The Morgan fingerprint density at radius 2 is 0.787 bits per heavy atom. The van der Waals surface area contributed by atoms with Gasteiger partial charge < -0.3 is 43.8 Å². The molecule has 0 radical (unpaired) electrons. The Morgan fingerprint density at radius 1 is 0.468 bits per heavy atom. The van der Waals surface area contributed by atoms with E-state index in [9.17, 15) is 14.4 Å². The van der Waals surface area contributed by atoms with Gasteiger partial charge in [0.15, 0.2) is 0 Å². The Morgan fingerprint density at radius 3 is 1.15 bits per heavy atom. The van der Waals surface area contributed by atoms with Gasteiger partial charge in [0, 0.05) is 25.9 Å². The van der Waals surface area contributed by atoms with Gasteiger partial charge in [0.05, 0.1) is 84.6 Å². The lowest BCUT2D eigenvalue weighted by atomic mass is 10.0. The summed E-state index contributed by atoms with van der Waals surface area (Å²) in [5, 5.41) is 5.90. The van der Waals surface area contributed by atoms with Gasteiger partial charge in [0.1, 0.15) is 5.60 Å². The molecule has 0 aliphatic carbocycles. The van der Waals surface area contributed by atoms with Crippen LogP contribution in [0.5, 0.6) is 0 Å². The lowest BCUT2D eigenvalue weighted by molar-refractivity contribution is -0.155. The van der Waals surface area contributed by atoms with E-state index in [-0.39, 0.29) is 17.8 Å². The number of nitrogens with one attached hydrogen (secondary N) is 2. The lowest BCUT2D eigenvalue weighted by Crippen LogP contribution is -2.28. The number of ether oxygens (including phenoxy) is 7. The molecule has 0 aromatic rings. The standard InChI is InChI=1S/C34H65BrN2O10/c1-34(2,3)47-33(40)15-13-11-9-7-5-4-6-8-10-12-14-31(38)36-16-18-41-20-22-43-24-26-45-28-29-46-27-25-44-23-21-42-19-17-37-32(39)30-35/h4-30H2,1-3H3,(H,36,38)(H,37,39). The summed E-state index contributed by atoms with van der Waals surface area (Å²) in [5.41, 5.74) is -0.392. The molecule has 2 amide bonds. The van der Waals surface area contributed by atoms with E-state index >= 15 is 0 Å². The van der Waals surface area contributed by atoms with Gasteiger partial charge in [-0.1, -0.05) is 67.3 Å². The number of esters is 1. The Labute approximate surface area is 292 Å². The first-order chi connectivity index (χ1) is 22.7. The predicted octanol–water partition coefficient (Wildman–Crippen LogP) is 4.74. The SMILES string of the molecule is CC(C)(C)OC(=O)CCCCCCCCCCCCC(=O)NCCOCCOCCOCCOCCOCCOCCNC(=O)CBr. The van der Waals surface area contributed by atoms with Gasteiger partial charge in [-0.15, -0.1) is 0 Å². The molecular weight excluding hydrogens is 676 g/mol. The summed E-state index contributed by atoms with van der Waals surface area (Å²) in [5.74, 6) is -0.0682. The van der Waals surface area contributed by atoms with Crippen LogP contribution >= 0.6 is 15.9 Å². The number of hydrogen-bond donors (Lipinski definition) is 2. The molecule has 2 N–H and O–H groups in total. The maximum Gasteiger partial charge on any atom is 0.306 e. The summed E-state index contributed by atoms with van der Waals surface area (Å²) < 4.78 is 38.0. The Bertz CT molecular complexity index is 740. The molecule has 0 atom stereocenters. The highest BCUT2D eigenvalue weighted by Crippen LogP contribution is 2.14. The number of carbonyl (C=O) groups excluding carboxylic acids is 3. The highest BCUT2D eigenvalue weighted by Gasteiger charge is 2.15. The number of halogens is 1. The van der Waals surface area contributed by atoms with Crippen LogP contribution in [0.15, 0.2) is 0 Å². The number of unbranched alkanes of at least 4 members (excludes halogenated alkanes) is 9. The van der Waals surface area contributed by atoms with Crippen LogP contribution in [0.25, 0.3) is 0 Å². The molecule has 0 saturated carbocycles. The molecule has 0 aliphatic heterocycles. The first-order valence-corrected chi connectivity index (χ1v) is 18.6. The van der Waals surface area contributed by atoms with Crippen LogP contribution in [-0.4, -0.2) is 121 Å². The molecule has 47 heavy (non-hydrogen) atoms. The van der Waals surface area contributed by atoms with E-state index in [4.69, 9.17) is 33.2 Å². The van der Waals surface area contributed by atoms with Crippen molar-refractivity contribution in [3.8, 4) is 0 Å². The lowest BCUT2D eigenvalue weighted by Gasteiger charge is -2.19. The summed E-state index contributed by atoms with van der Waals surface area (Å²) in [6.45, 7) is 12.5. The third kappa shape index (κ3) is 39.0. The molecule has 278 valence electrons. The van der Waals surface area contributed by atoms with Gasteiger partial charge in [-0.05, 0) is 33.6 Å². The van der Waals surface area contributed by atoms with Crippen molar-refractivity contribution in [3.63, 3.8) is 0 Å². The van der Waals surface area contributed by atoms with Gasteiger partial charge in [-0.3, -0.25) is 14.4 Å². The van der Waals surface area contributed by atoms with Crippen molar-refractivity contribution >= 4 is 33.7 Å². The van der Waals surface area contributed by atoms with Crippen molar-refractivity contribution in [3.05, 3.63) is 0 Å². The smallest absolute Gasteiger partial charge is 0.306 e. The fourth-order valence-corrected chi connectivity index (χ4v) is 4.42. The number of carbonyl (C=O) groups is 3. The van der Waals surface area contributed by atoms with Crippen LogP contribution in [0.2, 0.25) is 0 Å². The van der Waals surface area contributed by atoms with E-state index in [0.717, 1.165) is 25.7 Å². The topological polar surface area (TPSA) is 140 Å². The van der Waals surface area contributed by atoms with Crippen molar-refractivity contribution < 1.29 is 47.5 Å². The zero-order valence-corrected chi connectivity index (χ0v) is 31.1. The van der Waals surface area contributed by atoms with E-state index in [0.29, 0.717) is 111 Å². The van der Waals surface area contributed by atoms with Gasteiger partial charge in [0.25, 0.3) is 0 Å². The highest BCUT2D eigenvalue weighted by molar-refractivity contribution is 9.09. The minimum absolute atomic E-state index is 0.0584. The van der Waals surface area contributed by atoms with E-state index in [2.05, 4.69) is 26.6 Å². The van der Waals surface area contributed by atoms with E-state index in [1.165, 1.54) is 38.5 Å². The van der Waals surface area contributed by atoms with Gasteiger partial charge in [-0.25, -0.2) is 0 Å². The molecule has 0 rings (SSSR count). The summed E-state index contributed by atoms with van der Waals surface area (Å²) >= 11 is 3.08. The first-order valence-electron chi connectivity index (χ1n) is 17.5. The zero-order chi connectivity index (χ0) is 34.7. The second kappa shape index (κ2) is 34.5. The third-order valence-electron chi connectivity index (χ3n) is 6.57. The summed E-state index contributed by atoms with van der Waals surface area (Å²) in [4.78, 5) is 34.7. The Kier molecular flexibility index (Phi) is 33.5. The molecule has 0 bridgehead atoms. The number of hydrogen-bond acceptors (Lipinski definition) is 10. The fourth-order valence-electron chi connectivity index (χ4n) is 4.22. The van der Waals surface area contributed by atoms with E-state index < -0.39 is 5.60 Å². The molecule has 13 heteroatoms. The van der Waals surface area contributed by atoms with Crippen molar-refractivity contribution in [2.75, 3.05) is 97.7 Å². The molecule has 0 fully saturated rings. The predicted molar refractivity (Wildman–Crippen MR) is 186 cm³/mol. The van der Waals surface area contributed by atoms with Crippen LogP contribution in [0, 0.1) is 0 Å². The van der Waals surface area contributed by atoms with Crippen molar-refractivity contribution in [1.82, 2.24) is 10.6 Å². The molecule has 0 aliphatic rings. The largest absolute Gasteiger partial charge is 0.460 e. The average molecular weight is 742 g/mol. The number of amides is 2. The molecule has 0 spiro atoms. The normalized spacial score (nSPS) is 11.5. The quantitative estimate of drug-likeness (QED) is 0.0533. The molecular formula is C34H65BrN2O10. The van der Waals surface area contributed by atoms with Gasteiger partial charge >= 0.3 is 5.97 Å². The molecule has 0 aromatic carbocycles. The maximum absolute atomic E-state index is 12.0. The number of alkyl halides is 1. The highest BCUT2D eigenvalue weighted by atomic mass is 79.9. The van der Waals surface area contributed by atoms with Gasteiger partial charge in [-0.2, -0.15) is 0 Å². The van der Waals surface area contributed by atoms with Crippen molar-refractivity contribution in [2.24, 2.45) is 0 Å². The first kappa shape index (κ1) is 45.6. The summed E-state index contributed by atoms with van der Waals surface area (Å²) in [6.07, 6.45) is 12.3. The van der Waals surface area contributed by atoms with Crippen molar-refractivity contribution in [2.45, 2.75) is 103 Å². The minimum atomic E-state index is -0.392.